The number of nitrogens with one attached hydrogen (secondary N) is 2. The van der Waals surface area contributed by atoms with Crippen molar-refractivity contribution in [3.63, 3.8) is 0 Å². The number of amides is 4. The minimum Gasteiger partial charge on any atom is -0.497 e. The molecule has 2 unspecified atom stereocenters. The summed E-state index contributed by atoms with van der Waals surface area (Å²) in [5.74, 6) is -19.9. The molecule has 1 heterocycles. The number of Topliss-reactive ketones (excluding diaryl/α,β-unsaturated/α-hetero) is 3. The molecule has 4 amide bonds. The number of hydrogen-bond donors (Lipinski definition) is 4. The Morgan fingerprint density at radius 1 is 0.846 bits per heavy atom. The summed E-state index contributed by atoms with van der Waals surface area (Å²) in [4.78, 5) is 108. The van der Waals surface area contributed by atoms with E-state index in [1.165, 1.54) is 32.4 Å². The van der Waals surface area contributed by atoms with Gasteiger partial charge >= 0.3 is 5.97 Å². The van der Waals surface area contributed by atoms with E-state index < -0.39 is 142 Å². The molecule has 1 aliphatic heterocycles. The number of benzene rings is 2. The lowest BCUT2D eigenvalue weighted by Gasteiger charge is -2.35. The molecule has 20 heteroatoms. The third-order valence-electron chi connectivity index (χ3n) is 11.4. The van der Waals surface area contributed by atoms with E-state index in [-0.39, 0.29) is 24.9 Å². The van der Waals surface area contributed by atoms with Gasteiger partial charge in [0.2, 0.25) is 23.5 Å². The Bertz CT molecular complexity index is 2150. The van der Waals surface area contributed by atoms with Crippen molar-refractivity contribution in [2.24, 2.45) is 17.6 Å². The van der Waals surface area contributed by atoms with Crippen molar-refractivity contribution in [2.45, 2.75) is 128 Å². The normalized spacial score (nSPS) is 18.0. The molecular formula is C45H56F4N4O12. The van der Waals surface area contributed by atoms with Crippen LogP contribution in [-0.2, 0) is 33.5 Å². The molecule has 1 saturated heterocycles. The number of likely N-dealkylation sites (tertiary alicyclic amines) is 1. The Hall–Kier alpha value is -5.92. The van der Waals surface area contributed by atoms with E-state index in [0.29, 0.717) is 43.6 Å². The van der Waals surface area contributed by atoms with Gasteiger partial charge in [-0.25, -0.2) is 22.4 Å². The molecule has 1 aliphatic carbocycles. The van der Waals surface area contributed by atoms with Crippen molar-refractivity contribution in [3.05, 3.63) is 58.2 Å². The van der Waals surface area contributed by atoms with Crippen molar-refractivity contribution >= 4 is 46.9 Å². The fraction of sp³-hybridized carbons (Fsp3) is 0.556. The summed E-state index contributed by atoms with van der Waals surface area (Å²) in [5, 5.41) is 14.3. The van der Waals surface area contributed by atoms with Crippen LogP contribution in [0, 0.1) is 35.1 Å². The van der Waals surface area contributed by atoms with E-state index in [0.717, 1.165) is 11.3 Å². The van der Waals surface area contributed by atoms with Crippen LogP contribution in [0.5, 0.6) is 11.5 Å². The number of halogens is 4. The second-order valence-electron chi connectivity index (χ2n) is 17.2. The number of methoxy groups -OCH3 is 2. The lowest BCUT2D eigenvalue weighted by Crippen LogP contribution is -2.55. The first kappa shape index (κ1) is 51.7. The van der Waals surface area contributed by atoms with Crippen LogP contribution in [0.3, 0.4) is 0 Å². The number of nitrogens with zero attached hydrogens (tertiary/aromatic N) is 1. The number of primary amides is 1. The minimum absolute atomic E-state index is 0.0650. The van der Waals surface area contributed by atoms with Crippen LogP contribution in [0.4, 0.5) is 17.6 Å². The minimum atomic E-state index is -2.45. The molecule has 2 aliphatic rings. The van der Waals surface area contributed by atoms with E-state index in [1.807, 2.05) is 0 Å². The Morgan fingerprint density at radius 2 is 1.43 bits per heavy atom. The van der Waals surface area contributed by atoms with Gasteiger partial charge in [-0.15, -0.1) is 0 Å². The first-order valence-corrected chi connectivity index (χ1v) is 21.3. The number of ether oxygens (including phenoxy) is 3. The number of nitrogens with two attached hydrogens (primary N) is 1. The van der Waals surface area contributed by atoms with E-state index >= 15 is 4.39 Å². The number of carbonyl (C=O) groups is 8. The first-order valence-electron chi connectivity index (χ1n) is 21.3. The van der Waals surface area contributed by atoms with Crippen molar-refractivity contribution in [3.8, 4) is 11.5 Å². The van der Waals surface area contributed by atoms with Crippen LogP contribution in [0.25, 0.3) is 0 Å². The lowest BCUT2D eigenvalue weighted by molar-refractivity contribution is -0.143. The first-order chi connectivity index (χ1) is 30.5. The second kappa shape index (κ2) is 22.3. The maximum absolute atomic E-state index is 15.1. The monoisotopic (exact) mass is 920 g/mol. The highest BCUT2D eigenvalue weighted by molar-refractivity contribution is 6.38. The molecule has 356 valence electrons. The SMILES string of the molecule is CCCC(CC(=O)[C@@H]1C[C@@H](OC(C)(C)C)CN1C(=O)[C@@H](NC(=O)c1c(F)c(F)c(F)c(F)c1C(=O)O)C1CCCCC1)C(=O)C(=O)CCC(=O)NC(C(N)=O)c1cc(OC)cc(OC)c1. The molecule has 1 saturated carbocycles. The fourth-order valence-corrected chi connectivity index (χ4v) is 8.40. The summed E-state index contributed by atoms with van der Waals surface area (Å²) in [6.45, 7) is 6.71. The van der Waals surface area contributed by atoms with Crippen LogP contribution in [-0.4, -0.2) is 102 Å². The van der Waals surface area contributed by atoms with Gasteiger partial charge in [-0.1, -0.05) is 32.6 Å². The predicted molar refractivity (Wildman–Crippen MR) is 223 cm³/mol. The van der Waals surface area contributed by atoms with Crippen LogP contribution >= 0.6 is 0 Å². The van der Waals surface area contributed by atoms with Crippen LogP contribution < -0.4 is 25.8 Å². The van der Waals surface area contributed by atoms with E-state index in [9.17, 15) is 56.6 Å². The Morgan fingerprint density at radius 3 is 1.95 bits per heavy atom. The van der Waals surface area contributed by atoms with Crippen LogP contribution in [0.1, 0.15) is 131 Å². The van der Waals surface area contributed by atoms with Crippen molar-refractivity contribution < 1.29 is 75.2 Å². The molecule has 0 aromatic heterocycles. The number of hydrogen-bond acceptors (Lipinski definition) is 11. The van der Waals surface area contributed by atoms with Crippen molar-refractivity contribution in [2.75, 3.05) is 20.8 Å². The number of carboxylic acid groups (broad SMARTS) is 1. The zero-order chi connectivity index (χ0) is 48.5. The average molecular weight is 921 g/mol. The van der Waals surface area contributed by atoms with Gasteiger partial charge in [0, 0.05) is 44.2 Å². The Kier molecular flexibility index (Phi) is 17.8. The lowest BCUT2D eigenvalue weighted by atomic mass is 9.82. The van der Waals surface area contributed by atoms with Gasteiger partial charge in [0.25, 0.3) is 5.91 Å². The highest BCUT2D eigenvalue weighted by Gasteiger charge is 2.46. The summed E-state index contributed by atoms with van der Waals surface area (Å²) in [6, 6.07) is 0.211. The zero-order valence-electron chi connectivity index (χ0n) is 37.2. The van der Waals surface area contributed by atoms with Crippen molar-refractivity contribution in [1.29, 1.82) is 0 Å². The molecule has 5 N–H and O–H groups in total. The predicted octanol–water partition coefficient (Wildman–Crippen LogP) is 5.06. The summed E-state index contributed by atoms with van der Waals surface area (Å²) in [5.41, 5.74) is 1.56. The molecular weight excluding hydrogens is 865 g/mol. The average Bonchev–Trinajstić information content (AvgIpc) is 3.68. The molecule has 2 fully saturated rings. The molecule has 2 aromatic carbocycles. The Balaban J connectivity index is 1.57. The van der Waals surface area contributed by atoms with Gasteiger partial charge in [-0.3, -0.25) is 33.6 Å². The molecule has 2 aromatic rings. The third kappa shape index (κ3) is 12.9. The summed E-state index contributed by atoms with van der Waals surface area (Å²) in [6.07, 6.45) is 0.504. The van der Waals surface area contributed by atoms with E-state index in [1.54, 1.807) is 27.7 Å². The molecule has 0 radical (unpaired) electrons. The summed E-state index contributed by atoms with van der Waals surface area (Å²) >= 11 is 0. The van der Waals surface area contributed by atoms with Gasteiger partial charge in [-0.05, 0) is 63.6 Å². The maximum Gasteiger partial charge on any atom is 0.339 e. The smallest absolute Gasteiger partial charge is 0.339 e. The third-order valence-corrected chi connectivity index (χ3v) is 11.4. The van der Waals surface area contributed by atoms with E-state index in [4.69, 9.17) is 19.9 Å². The summed E-state index contributed by atoms with van der Waals surface area (Å²) in [7, 11) is 2.77. The van der Waals surface area contributed by atoms with Gasteiger partial charge in [0.15, 0.2) is 34.8 Å². The molecule has 65 heavy (non-hydrogen) atoms. The van der Waals surface area contributed by atoms with Crippen molar-refractivity contribution in [1.82, 2.24) is 15.5 Å². The standard InChI is InChI=1S/C45H56F4N4O12/c1-7-11-23(40(57)29(54)14-15-31(56)51-38(41(50)58)24-16-25(63-5)19-26(17-24)64-6)18-30(55)28-20-27(65-45(2,3)4)21-53(28)43(60)39(22-12-9-8-10-13-22)52-42(59)32-33(44(61)62)35(47)37(49)36(48)34(32)46/h16-17,19,22-23,27-28,38-39H,7-15,18,20-21H2,1-6H3,(H2,50,58)(H,51,56)(H,52,59)(H,61,62)/t23?,27-,28+,38?,39+/m1/s1. The number of carbonyl (C=O) groups excluding carboxylic acids is 7. The van der Waals surface area contributed by atoms with Gasteiger partial charge in [0.1, 0.15) is 29.1 Å². The molecule has 0 bridgehead atoms. The molecule has 0 spiro atoms. The largest absolute Gasteiger partial charge is 0.497 e. The Labute approximate surface area is 373 Å². The molecule has 5 atom stereocenters. The fourth-order valence-electron chi connectivity index (χ4n) is 8.40. The quantitative estimate of drug-likeness (QED) is 0.0557. The van der Waals surface area contributed by atoms with Gasteiger partial charge in [-0.2, -0.15) is 0 Å². The van der Waals surface area contributed by atoms with E-state index in [2.05, 4.69) is 10.6 Å². The van der Waals surface area contributed by atoms with Crippen LogP contribution in [0.2, 0.25) is 0 Å². The zero-order valence-corrected chi connectivity index (χ0v) is 37.2. The summed E-state index contributed by atoms with van der Waals surface area (Å²) < 4.78 is 74.9. The number of carboxylic acids is 1. The number of rotatable bonds is 21. The number of ketones is 3. The molecule has 16 nitrogen and oxygen atoms in total. The van der Waals surface area contributed by atoms with Gasteiger partial charge < -0.3 is 40.6 Å². The highest BCUT2D eigenvalue weighted by atomic mass is 19.2. The second-order valence-corrected chi connectivity index (χ2v) is 17.2. The number of aromatic carboxylic acids is 1. The van der Waals surface area contributed by atoms with Crippen LogP contribution in [0.15, 0.2) is 18.2 Å². The van der Waals surface area contributed by atoms with Gasteiger partial charge in [0.05, 0.1) is 37.5 Å². The highest BCUT2D eigenvalue weighted by Crippen LogP contribution is 2.34. The molecule has 4 rings (SSSR count). The topological polar surface area (TPSA) is 238 Å². The maximum atomic E-state index is 15.1.